The maximum Gasteiger partial charge on any atom is 0.364 e. The second-order valence-corrected chi connectivity index (χ2v) is 5.83. The quantitative estimate of drug-likeness (QED) is 0.169. The molecule has 0 aromatic heterocycles. The second-order valence-electron chi connectivity index (χ2n) is 5.83. The van der Waals surface area contributed by atoms with Crippen LogP contribution in [0.2, 0.25) is 0 Å². The Bertz CT molecular complexity index is 567. The summed E-state index contributed by atoms with van der Waals surface area (Å²) in [7, 11) is 0. The Kier molecular flexibility index (Phi) is 5.28. The maximum atomic E-state index is 11.7. The van der Waals surface area contributed by atoms with Gasteiger partial charge in [-0.1, -0.05) is 5.11 Å². The molecule has 1 aliphatic heterocycles. The Morgan fingerprint density at radius 3 is 2.71 bits per heavy atom. The zero-order valence-electron chi connectivity index (χ0n) is 12.4. The Morgan fingerprint density at radius 1 is 1.50 bits per heavy atom. The van der Waals surface area contributed by atoms with Gasteiger partial charge in [-0.3, -0.25) is 4.79 Å². The second kappa shape index (κ2) is 6.89. The van der Waals surface area contributed by atoms with Crippen molar-refractivity contribution in [3.05, 3.63) is 10.4 Å². The van der Waals surface area contributed by atoms with Crippen molar-refractivity contribution < 1.29 is 39.9 Å². The van der Waals surface area contributed by atoms with E-state index in [2.05, 4.69) is 15.3 Å². The first-order valence-electron chi connectivity index (χ1n) is 7.16. The molecule has 2 aliphatic rings. The van der Waals surface area contributed by atoms with Gasteiger partial charge in [0.1, 0.15) is 6.54 Å². The van der Waals surface area contributed by atoms with Crippen LogP contribution in [0.25, 0.3) is 10.4 Å². The molecule has 1 aliphatic carbocycles. The maximum absolute atomic E-state index is 11.7. The summed E-state index contributed by atoms with van der Waals surface area (Å²) in [6, 6.07) is -0.841. The minimum Gasteiger partial charge on any atom is -0.477 e. The topological polar surface area (TPSA) is 205 Å². The van der Waals surface area contributed by atoms with Crippen molar-refractivity contribution >= 4 is 11.9 Å². The summed E-state index contributed by atoms with van der Waals surface area (Å²) in [6.45, 7) is -1.19. The smallest absolute Gasteiger partial charge is 0.364 e. The van der Waals surface area contributed by atoms with E-state index in [1.165, 1.54) is 0 Å². The minimum atomic E-state index is -2.62. The van der Waals surface area contributed by atoms with Crippen LogP contribution in [0.1, 0.15) is 6.42 Å². The predicted molar refractivity (Wildman–Crippen MR) is 74.1 cm³/mol. The number of hydrogen-bond acceptors (Lipinski definition) is 8. The number of aliphatic carboxylic acids is 1. The molecule has 24 heavy (non-hydrogen) atoms. The van der Waals surface area contributed by atoms with Gasteiger partial charge in [0.05, 0.1) is 24.9 Å². The molecular formula is C12H18N4O8. The van der Waals surface area contributed by atoms with Crippen molar-refractivity contribution in [1.82, 2.24) is 5.32 Å². The van der Waals surface area contributed by atoms with Crippen molar-refractivity contribution in [1.29, 1.82) is 0 Å². The fourth-order valence-corrected chi connectivity index (χ4v) is 3.32. The number of fused-ring (bicyclic) bond motifs is 1. The lowest BCUT2D eigenvalue weighted by Gasteiger charge is -2.59. The highest BCUT2D eigenvalue weighted by molar-refractivity contribution is 5.79. The standard InChI is InChI=1S/C12H18N4O8/c13-16-14-2-6(20)15-9-7-4(18)1-12(23,11(21)22)24-10(7)8(9)5(19)3-17/h4-5,7-10,17-19,23H,1-3H2,(H,15,20)(H,21,22)/t4?,5-,7+,8+,9?,10?,12-/m1/s1. The first-order valence-corrected chi connectivity index (χ1v) is 7.16. The first-order chi connectivity index (χ1) is 11.2. The van der Waals surface area contributed by atoms with Crippen molar-refractivity contribution in [2.75, 3.05) is 13.2 Å². The van der Waals surface area contributed by atoms with Gasteiger partial charge >= 0.3 is 5.97 Å². The van der Waals surface area contributed by atoms with Crippen molar-refractivity contribution in [2.24, 2.45) is 17.0 Å². The lowest BCUT2D eigenvalue weighted by atomic mass is 9.60. The van der Waals surface area contributed by atoms with Gasteiger partial charge in [0.25, 0.3) is 5.79 Å². The third-order valence-electron chi connectivity index (χ3n) is 4.42. The summed E-state index contributed by atoms with van der Waals surface area (Å²) in [4.78, 5) is 25.2. The van der Waals surface area contributed by atoms with E-state index in [0.29, 0.717) is 0 Å². The molecule has 2 fully saturated rings. The molecule has 1 saturated heterocycles. The van der Waals surface area contributed by atoms with Crippen molar-refractivity contribution in [3.8, 4) is 0 Å². The van der Waals surface area contributed by atoms with Gasteiger partial charge in [-0.05, 0) is 5.53 Å². The average Bonchev–Trinajstić information content (AvgIpc) is 2.50. The molecule has 12 nitrogen and oxygen atoms in total. The number of aliphatic hydroxyl groups is 4. The zero-order valence-corrected chi connectivity index (χ0v) is 12.4. The average molecular weight is 346 g/mol. The number of amides is 1. The Balaban J connectivity index is 2.19. The van der Waals surface area contributed by atoms with E-state index < -0.39 is 73.4 Å². The Morgan fingerprint density at radius 2 is 2.17 bits per heavy atom. The number of carbonyl (C=O) groups excluding carboxylic acids is 1. The first kappa shape index (κ1) is 18.4. The summed E-state index contributed by atoms with van der Waals surface area (Å²) in [6.07, 6.45) is -4.40. The molecule has 1 heterocycles. The number of nitrogens with zero attached hydrogens (tertiary/aromatic N) is 3. The number of nitrogens with one attached hydrogen (secondary N) is 1. The number of azide groups is 1. The Labute approximate surface area is 135 Å². The number of hydrogen-bond donors (Lipinski definition) is 6. The van der Waals surface area contributed by atoms with Gasteiger partial charge < -0.3 is 35.6 Å². The van der Waals surface area contributed by atoms with Gasteiger partial charge in [0.2, 0.25) is 5.91 Å². The van der Waals surface area contributed by atoms with E-state index in [1.54, 1.807) is 0 Å². The molecular weight excluding hydrogens is 328 g/mol. The molecule has 0 aromatic carbocycles. The zero-order chi connectivity index (χ0) is 18.1. The highest BCUT2D eigenvalue weighted by atomic mass is 16.7. The van der Waals surface area contributed by atoms with E-state index in [9.17, 15) is 24.9 Å². The van der Waals surface area contributed by atoms with Crippen molar-refractivity contribution in [2.45, 2.75) is 36.6 Å². The van der Waals surface area contributed by atoms with Crippen molar-refractivity contribution in [3.63, 3.8) is 0 Å². The number of ether oxygens (including phenoxy) is 1. The molecule has 3 unspecified atom stereocenters. The fraction of sp³-hybridized carbons (Fsp3) is 0.833. The van der Waals surface area contributed by atoms with Crippen LogP contribution in [0.4, 0.5) is 0 Å². The largest absolute Gasteiger partial charge is 0.477 e. The normalized spacial score (nSPS) is 38.9. The summed E-state index contributed by atoms with van der Waals surface area (Å²) >= 11 is 0. The SMILES string of the molecule is [N-]=[N+]=NCC(=O)NC1[C@@H]2C(O)C[C@](O)(C(=O)O)OC2[C@H]1[C@H](O)CO. The molecule has 134 valence electrons. The van der Waals surface area contributed by atoms with E-state index in [0.717, 1.165) is 0 Å². The lowest BCUT2D eigenvalue weighted by molar-refractivity contribution is -0.332. The molecule has 2 rings (SSSR count). The van der Waals surface area contributed by atoms with Gasteiger partial charge in [-0.15, -0.1) is 0 Å². The van der Waals surface area contributed by atoms with Crippen LogP contribution >= 0.6 is 0 Å². The summed E-state index contributed by atoms with van der Waals surface area (Å²) < 4.78 is 5.12. The van der Waals surface area contributed by atoms with Gasteiger partial charge in [0, 0.05) is 29.2 Å². The molecule has 0 bridgehead atoms. The molecule has 0 radical (unpaired) electrons. The molecule has 1 amide bonds. The fourth-order valence-electron chi connectivity index (χ4n) is 3.32. The van der Waals surface area contributed by atoms with Crippen LogP contribution in [0.3, 0.4) is 0 Å². The van der Waals surface area contributed by atoms with Crippen LogP contribution in [0.15, 0.2) is 5.11 Å². The van der Waals surface area contributed by atoms with Gasteiger partial charge in [0.15, 0.2) is 0 Å². The Hall–Kier alpha value is -1.95. The monoisotopic (exact) mass is 346 g/mol. The summed E-state index contributed by atoms with van der Waals surface area (Å²) in [5, 5.41) is 53.7. The summed E-state index contributed by atoms with van der Waals surface area (Å²) in [5.41, 5.74) is 8.20. The molecule has 0 spiro atoms. The highest BCUT2D eigenvalue weighted by Gasteiger charge is 2.64. The highest BCUT2D eigenvalue weighted by Crippen LogP contribution is 2.48. The molecule has 6 N–H and O–H groups in total. The molecule has 12 heteroatoms. The van der Waals surface area contributed by atoms with E-state index in [-0.39, 0.29) is 0 Å². The number of rotatable bonds is 6. The van der Waals surface area contributed by atoms with Crippen LogP contribution in [0.5, 0.6) is 0 Å². The summed E-state index contributed by atoms with van der Waals surface area (Å²) in [5.74, 6) is -6.71. The number of carboxylic acids is 1. The third kappa shape index (κ3) is 3.15. The van der Waals surface area contributed by atoms with Gasteiger partial charge in [-0.2, -0.15) is 0 Å². The third-order valence-corrected chi connectivity index (χ3v) is 4.42. The van der Waals surface area contributed by atoms with Gasteiger partial charge in [-0.25, -0.2) is 4.79 Å². The lowest BCUT2D eigenvalue weighted by Crippen LogP contribution is -2.75. The van der Waals surface area contributed by atoms with Crippen LogP contribution in [-0.4, -0.2) is 80.7 Å². The number of aliphatic hydroxyl groups excluding tert-OH is 3. The number of carboxylic acid groups (broad SMARTS) is 1. The molecule has 0 aromatic rings. The van der Waals surface area contributed by atoms with Crippen LogP contribution in [-0.2, 0) is 14.3 Å². The van der Waals surface area contributed by atoms with Crippen LogP contribution in [0, 0.1) is 11.8 Å². The van der Waals surface area contributed by atoms with E-state index >= 15 is 0 Å². The predicted octanol–water partition coefficient (Wildman–Crippen LogP) is -2.70. The molecule has 1 saturated carbocycles. The number of carbonyl (C=O) groups is 2. The van der Waals surface area contributed by atoms with E-state index in [4.69, 9.17) is 20.5 Å². The van der Waals surface area contributed by atoms with E-state index in [1.807, 2.05) is 0 Å². The minimum absolute atomic E-state index is 0.498. The molecule has 7 atom stereocenters. The van der Waals surface area contributed by atoms with Crippen LogP contribution < -0.4 is 5.32 Å².